The fourth-order valence-electron chi connectivity index (χ4n) is 8.07. The molecule has 4 aliphatic heterocycles. The van der Waals surface area contributed by atoms with Gasteiger partial charge in [0.25, 0.3) is 5.91 Å². The standard InChI is InChI=1S/C39H47BrN4O8/c1-5-42(6-2)26-16-18-27(19-17-26)43-20-12-8-11-15-30(46)41-29(23-50-4)33(25-13-9-7-10-14-25)51-38(49)31-32-36(47)44(24(3)22-45)35(37(43)48)39(32)21-28(40)34(31)52-39/h7-10,12-14,16-19,21,24,29,31-35,45H,5-6,11,15,20,22-23H2,1-4H3,(H,41,46)/b12-8-/t24-,29+,31-,32+,33+,34-,35-,39+/m1/s1. The van der Waals surface area contributed by atoms with Crippen molar-refractivity contribution in [2.75, 3.05) is 49.8 Å². The number of aliphatic hydroxyl groups is 1. The van der Waals surface area contributed by atoms with Gasteiger partial charge in [0.2, 0.25) is 11.8 Å². The van der Waals surface area contributed by atoms with E-state index in [1.54, 1.807) is 30.0 Å². The van der Waals surface area contributed by atoms with Crippen LogP contribution in [0.3, 0.4) is 0 Å². The Morgan fingerprint density at radius 3 is 2.38 bits per heavy atom. The summed E-state index contributed by atoms with van der Waals surface area (Å²) in [5, 5.41) is 13.4. The molecule has 5 bridgehead atoms. The maximum Gasteiger partial charge on any atom is 0.313 e. The maximum absolute atomic E-state index is 15.1. The molecule has 0 aliphatic carbocycles. The smallest absolute Gasteiger partial charge is 0.313 e. The highest BCUT2D eigenvalue weighted by Gasteiger charge is 2.75. The number of halogens is 1. The quantitative estimate of drug-likeness (QED) is 0.287. The average molecular weight is 780 g/mol. The molecule has 278 valence electrons. The van der Waals surface area contributed by atoms with E-state index in [2.05, 4.69) is 40.0 Å². The monoisotopic (exact) mass is 778 g/mol. The van der Waals surface area contributed by atoms with E-state index >= 15 is 4.79 Å². The molecule has 4 heterocycles. The van der Waals surface area contributed by atoms with Gasteiger partial charge in [-0.05, 0) is 63.1 Å². The summed E-state index contributed by atoms with van der Waals surface area (Å²) in [6, 6.07) is 14.0. The summed E-state index contributed by atoms with van der Waals surface area (Å²) < 4.78 is 19.0. The van der Waals surface area contributed by atoms with Crippen molar-refractivity contribution in [3.63, 3.8) is 0 Å². The average Bonchev–Trinajstić information content (AvgIpc) is 3.75. The first kappa shape index (κ1) is 37.7. The van der Waals surface area contributed by atoms with Gasteiger partial charge in [0.15, 0.2) is 0 Å². The molecule has 2 saturated heterocycles. The molecular weight excluding hydrogens is 732 g/mol. The van der Waals surface area contributed by atoms with Crippen LogP contribution >= 0.6 is 15.9 Å². The number of nitrogens with one attached hydrogen (secondary N) is 1. The second-order valence-corrected chi connectivity index (χ2v) is 14.6. The number of benzene rings is 2. The summed E-state index contributed by atoms with van der Waals surface area (Å²) in [6.07, 6.45) is 4.11. The number of carbonyl (C=O) groups excluding carboxylic acids is 4. The number of ether oxygens (including phenoxy) is 3. The van der Waals surface area contributed by atoms with Gasteiger partial charge in [-0.25, -0.2) is 0 Å². The molecule has 0 aromatic heterocycles. The van der Waals surface area contributed by atoms with Crippen molar-refractivity contribution in [2.45, 2.75) is 69.5 Å². The lowest BCUT2D eigenvalue weighted by atomic mass is 9.74. The van der Waals surface area contributed by atoms with E-state index in [1.165, 1.54) is 12.0 Å². The molecule has 2 aromatic rings. The zero-order valence-electron chi connectivity index (χ0n) is 29.9. The van der Waals surface area contributed by atoms with Crippen LogP contribution in [0.5, 0.6) is 0 Å². The van der Waals surface area contributed by atoms with E-state index in [0.717, 1.165) is 18.8 Å². The Morgan fingerprint density at radius 2 is 1.73 bits per heavy atom. The molecular formula is C39H47BrN4O8. The van der Waals surface area contributed by atoms with Crippen LogP contribution in [0.25, 0.3) is 0 Å². The second-order valence-electron chi connectivity index (χ2n) is 13.6. The Kier molecular flexibility index (Phi) is 11.5. The molecule has 2 N–H and O–H groups in total. The largest absolute Gasteiger partial charge is 0.455 e. The lowest BCUT2D eigenvalue weighted by Crippen LogP contribution is -2.58. The van der Waals surface area contributed by atoms with Crippen LogP contribution in [0.4, 0.5) is 11.4 Å². The Labute approximate surface area is 312 Å². The van der Waals surface area contributed by atoms with Gasteiger partial charge in [-0.15, -0.1) is 0 Å². The first-order valence-corrected chi connectivity index (χ1v) is 18.7. The van der Waals surface area contributed by atoms with Crippen LogP contribution < -0.4 is 15.1 Å². The first-order chi connectivity index (χ1) is 25.1. The van der Waals surface area contributed by atoms with E-state index in [4.69, 9.17) is 14.2 Å². The van der Waals surface area contributed by atoms with Gasteiger partial charge in [-0.1, -0.05) is 58.4 Å². The number of amides is 3. The fourth-order valence-corrected chi connectivity index (χ4v) is 8.81. The number of esters is 1. The van der Waals surface area contributed by atoms with Gasteiger partial charge < -0.3 is 39.3 Å². The van der Waals surface area contributed by atoms with Gasteiger partial charge in [-0.3, -0.25) is 19.2 Å². The summed E-state index contributed by atoms with van der Waals surface area (Å²) >= 11 is 3.60. The van der Waals surface area contributed by atoms with Crippen LogP contribution in [0.2, 0.25) is 0 Å². The van der Waals surface area contributed by atoms with Crippen molar-refractivity contribution in [3.05, 3.63) is 82.9 Å². The van der Waals surface area contributed by atoms with Crippen molar-refractivity contribution in [1.82, 2.24) is 10.2 Å². The van der Waals surface area contributed by atoms with E-state index in [9.17, 15) is 19.5 Å². The van der Waals surface area contributed by atoms with Gasteiger partial charge in [0.05, 0.1) is 31.2 Å². The van der Waals surface area contributed by atoms with Crippen molar-refractivity contribution < 1.29 is 38.5 Å². The summed E-state index contributed by atoms with van der Waals surface area (Å²) in [4.78, 5) is 62.7. The lowest BCUT2D eigenvalue weighted by Gasteiger charge is -2.37. The zero-order valence-corrected chi connectivity index (χ0v) is 31.5. The highest BCUT2D eigenvalue weighted by Crippen LogP contribution is 2.59. The van der Waals surface area contributed by atoms with Crippen LogP contribution in [0.15, 0.2) is 77.3 Å². The minimum Gasteiger partial charge on any atom is -0.455 e. The van der Waals surface area contributed by atoms with Gasteiger partial charge in [0, 0.05) is 49.0 Å². The molecule has 2 aromatic carbocycles. The molecule has 2 fully saturated rings. The number of rotatable bonds is 9. The molecule has 0 unspecified atom stereocenters. The number of allylic oxidation sites excluding steroid dienone is 1. The van der Waals surface area contributed by atoms with E-state index in [0.29, 0.717) is 22.2 Å². The number of carbonyl (C=O) groups is 4. The summed E-state index contributed by atoms with van der Waals surface area (Å²) in [5.41, 5.74) is 0.716. The van der Waals surface area contributed by atoms with Crippen LogP contribution in [-0.4, -0.2) is 103 Å². The van der Waals surface area contributed by atoms with Crippen LogP contribution in [0, 0.1) is 11.8 Å². The zero-order chi connectivity index (χ0) is 37.2. The molecule has 12 nitrogen and oxygen atoms in total. The van der Waals surface area contributed by atoms with Crippen molar-refractivity contribution in [1.29, 1.82) is 0 Å². The minimum atomic E-state index is -1.52. The van der Waals surface area contributed by atoms with E-state index in [1.807, 2.05) is 54.6 Å². The Morgan fingerprint density at radius 1 is 1.02 bits per heavy atom. The number of cyclic esters (lactones) is 1. The Bertz CT molecular complexity index is 1700. The number of methoxy groups -OCH3 is 1. The molecule has 0 radical (unpaired) electrons. The first-order valence-electron chi connectivity index (χ1n) is 17.9. The van der Waals surface area contributed by atoms with E-state index < -0.39 is 72.2 Å². The molecule has 0 saturated carbocycles. The number of hydrogen-bond donors (Lipinski definition) is 2. The molecule has 13 heteroatoms. The molecule has 3 amide bonds. The maximum atomic E-state index is 15.1. The normalized spacial score (nSPS) is 30.5. The minimum absolute atomic E-state index is 0.0509. The predicted octanol–water partition coefficient (Wildman–Crippen LogP) is 3.89. The number of fused-ring (bicyclic) bond motifs is 2. The summed E-state index contributed by atoms with van der Waals surface area (Å²) in [5.74, 6) is -4.11. The third-order valence-corrected chi connectivity index (χ3v) is 11.3. The van der Waals surface area contributed by atoms with Crippen molar-refractivity contribution in [2.24, 2.45) is 11.8 Å². The highest BCUT2D eigenvalue weighted by molar-refractivity contribution is 9.11. The second kappa shape index (κ2) is 15.9. The van der Waals surface area contributed by atoms with Crippen LogP contribution in [0.1, 0.15) is 45.3 Å². The van der Waals surface area contributed by atoms with Crippen LogP contribution in [-0.2, 0) is 33.4 Å². The molecule has 4 aliphatic rings. The van der Waals surface area contributed by atoms with Gasteiger partial charge in [0.1, 0.15) is 29.8 Å². The number of aliphatic hydroxyl groups excluding tert-OH is 1. The lowest BCUT2D eigenvalue weighted by molar-refractivity contribution is -0.162. The Hall–Kier alpha value is -4.04. The number of anilines is 2. The SMILES string of the molecule is CCN(CC)c1ccc(N2C/C=C\CCC(=O)N[C@@H](COC)[C@H](c3ccccc3)OC(=O)[C@H]3[C@@H]4O[C@@]5(C=C4Br)[C@@H]3C(=O)N([C@H](C)CO)[C@@H]5C2=O)cc1. The number of hydrogen-bond acceptors (Lipinski definition) is 9. The third kappa shape index (κ3) is 6.79. The van der Waals surface area contributed by atoms with Crippen molar-refractivity contribution in [3.8, 4) is 0 Å². The molecule has 6 rings (SSSR count). The Balaban J connectivity index is 1.47. The molecule has 8 atom stereocenters. The third-order valence-electron chi connectivity index (χ3n) is 10.6. The predicted molar refractivity (Wildman–Crippen MR) is 199 cm³/mol. The van der Waals surface area contributed by atoms with Gasteiger partial charge in [-0.2, -0.15) is 0 Å². The molecule has 52 heavy (non-hydrogen) atoms. The van der Waals surface area contributed by atoms with Gasteiger partial charge >= 0.3 is 5.97 Å². The highest BCUT2D eigenvalue weighted by atomic mass is 79.9. The van der Waals surface area contributed by atoms with E-state index in [-0.39, 0.29) is 25.5 Å². The summed E-state index contributed by atoms with van der Waals surface area (Å²) in [7, 11) is 1.50. The molecule has 1 spiro atoms. The number of nitrogens with zero attached hydrogens (tertiary/aromatic N) is 3. The van der Waals surface area contributed by atoms with Crippen molar-refractivity contribution >= 4 is 51.0 Å². The summed E-state index contributed by atoms with van der Waals surface area (Å²) in [6.45, 7) is 7.25. The number of likely N-dealkylation sites (tertiary alicyclic amines) is 1. The fraction of sp³-hybridized carbons (Fsp3) is 0.487. The topological polar surface area (TPSA) is 138 Å².